The van der Waals surface area contributed by atoms with E-state index in [1.165, 1.54) is 0 Å². The average Bonchev–Trinajstić information content (AvgIpc) is 1.61. The number of rotatable bonds is 1. The highest BCUT2D eigenvalue weighted by atomic mass is 19.4. The highest BCUT2D eigenvalue weighted by Gasteiger charge is 2.47. The fourth-order valence-corrected chi connectivity index (χ4v) is 0.281. The van der Waals surface area contributed by atoms with E-state index >= 15 is 0 Å². The zero-order valence-corrected chi connectivity index (χ0v) is 5.37. The Morgan fingerprint density at radius 2 is 1.90 bits per heavy atom. The molecule has 0 aromatic carbocycles. The Morgan fingerprint density at radius 3 is 2.00 bits per heavy atom. The summed E-state index contributed by atoms with van der Waals surface area (Å²) in [6.07, 6.45) is -4.19. The first-order valence-electron chi connectivity index (χ1n) is 2.47. The summed E-state index contributed by atoms with van der Waals surface area (Å²) in [6.45, 7) is 3.55. The minimum atomic E-state index is -4.66. The maximum atomic E-state index is 11.7. The Labute approximate surface area is 56.5 Å². The molecule has 0 radical (unpaired) electrons. The van der Waals surface area contributed by atoms with Crippen molar-refractivity contribution in [3.63, 3.8) is 0 Å². The molecule has 4 heteroatoms. The zero-order chi connectivity index (χ0) is 8.41. The number of hydrogen-bond donors (Lipinski definition) is 1. The van der Waals surface area contributed by atoms with Gasteiger partial charge in [0.1, 0.15) is 0 Å². The molecule has 0 aromatic heterocycles. The summed E-state index contributed by atoms with van der Waals surface area (Å²) in [7, 11) is 0. The van der Waals surface area contributed by atoms with Crippen LogP contribution in [0.25, 0.3) is 0 Å². The van der Waals surface area contributed by atoms with Gasteiger partial charge in [0.2, 0.25) is 0 Å². The number of hydrogen-bond acceptors (Lipinski definition) is 1. The first kappa shape index (κ1) is 9.27. The largest absolute Gasteiger partial charge is 0.421 e. The summed E-state index contributed by atoms with van der Waals surface area (Å²) in [4.78, 5) is 0. The molecule has 0 heterocycles. The third kappa shape index (κ3) is 1.90. The lowest BCUT2D eigenvalue weighted by Gasteiger charge is -2.20. The van der Waals surface area contributed by atoms with E-state index in [1.807, 2.05) is 5.73 Å². The van der Waals surface area contributed by atoms with Crippen LogP contribution >= 0.6 is 0 Å². The van der Waals surface area contributed by atoms with Crippen molar-refractivity contribution in [3.05, 3.63) is 18.4 Å². The summed E-state index contributed by atoms with van der Waals surface area (Å²) in [5, 5.41) is 8.57. The van der Waals surface area contributed by atoms with E-state index in [0.29, 0.717) is 13.0 Å². The van der Waals surface area contributed by atoms with E-state index in [9.17, 15) is 13.2 Å². The van der Waals surface area contributed by atoms with E-state index < -0.39 is 11.8 Å². The van der Waals surface area contributed by atoms with Gasteiger partial charge in [-0.2, -0.15) is 13.2 Å². The summed E-state index contributed by atoms with van der Waals surface area (Å²) < 4.78 is 35.0. The maximum absolute atomic E-state index is 11.7. The highest BCUT2D eigenvalue weighted by molar-refractivity contribution is 5.00. The molecule has 1 N–H and O–H groups in total. The van der Waals surface area contributed by atoms with E-state index in [1.54, 1.807) is 0 Å². The SMILES string of the molecule is C=C=CC(C)(O)C(F)(F)F. The van der Waals surface area contributed by atoms with Gasteiger partial charge < -0.3 is 5.11 Å². The second kappa shape index (κ2) is 2.48. The van der Waals surface area contributed by atoms with Crippen molar-refractivity contribution >= 4 is 0 Å². The molecule has 0 saturated carbocycles. The van der Waals surface area contributed by atoms with Gasteiger partial charge in [-0.1, -0.05) is 6.58 Å². The lowest BCUT2D eigenvalue weighted by Crippen LogP contribution is -2.39. The molecule has 1 atom stereocenters. The van der Waals surface area contributed by atoms with E-state index in [2.05, 4.69) is 6.58 Å². The van der Waals surface area contributed by atoms with Crippen molar-refractivity contribution in [1.82, 2.24) is 0 Å². The predicted molar refractivity (Wildman–Crippen MR) is 30.4 cm³/mol. The molecule has 0 rings (SSSR count). The van der Waals surface area contributed by atoms with E-state index in [-0.39, 0.29) is 0 Å². The van der Waals surface area contributed by atoms with Gasteiger partial charge in [0, 0.05) is 0 Å². The third-order valence-electron chi connectivity index (χ3n) is 0.957. The number of aliphatic hydroxyl groups is 1. The van der Waals surface area contributed by atoms with Crippen molar-refractivity contribution in [2.24, 2.45) is 0 Å². The highest BCUT2D eigenvalue weighted by Crippen LogP contribution is 2.30. The molecule has 0 aliphatic rings. The van der Waals surface area contributed by atoms with Crippen LogP contribution in [0.1, 0.15) is 6.92 Å². The second-order valence-corrected chi connectivity index (χ2v) is 1.99. The molecule has 0 aliphatic carbocycles. The van der Waals surface area contributed by atoms with Crippen LogP contribution in [-0.2, 0) is 0 Å². The van der Waals surface area contributed by atoms with Crippen LogP contribution in [0.2, 0.25) is 0 Å². The van der Waals surface area contributed by atoms with E-state index in [0.717, 1.165) is 0 Å². The average molecular weight is 152 g/mol. The minimum Gasteiger partial charge on any atom is -0.376 e. The predicted octanol–water partition coefficient (Wildman–Crippen LogP) is 1.64. The van der Waals surface area contributed by atoms with Gasteiger partial charge in [-0.15, -0.1) is 5.73 Å². The Morgan fingerprint density at radius 1 is 1.50 bits per heavy atom. The summed E-state index contributed by atoms with van der Waals surface area (Å²) in [5.41, 5.74) is -0.941. The maximum Gasteiger partial charge on any atom is 0.421 e. The topological polar surface area (TPSA) is 20.2 Å². The number of halogens is 3. The van der Waals surface area contributed by atoms with Crippen LogP contribution in [0.4, 0.5) is 13.2 Å². The van der Waals surface area contributed by atoms with Gasteiger partial charge in [0.15, 0.2) is 5.60 Å². The van der Waals surface area contributed by atoms with Crippen molar-refractivity contribution in [2.45, 2.75) is 18.7 Å². The quantitative estimate of drug-likeness (QED) is 0.566. The van der Waals surface area contributed by atoms with Crippen molar-refractivity contribution in [1.29, 1.82) is 0 Å². The zero-order valence-electron chi connectivity index (χ0n) is 5.37. The summed E-state index contributed by atoms with van der Waals surface area (Å²) in [6, 6.07) is 0. The molecule has 0 fully saturated rings. The molecule has 58 valence electrons. The molecule has 1 nitrogen and oxygen atoms in total. The molecule has 0 saturated heterocycles. The van der Waals surface area contributed by atoms with Gasteiger partial charge >= 0.3 is 6.18 Å². The monoisotopic (exact) mass is 152 g/mol. The Hall–Kier alpha value is -0.730. The molecule has 0 spiro atoms. The molecule has 1 unspecified atom stereocenters. The minimum absolute atomic E-state index is 0.465. The molecular weight excluding hydrogens is 145 g/mol. The molecule has 0 amide bonds. The van der Waals surface area contributed by atoms with Crippen LogP contribution in [0.3, 0.4) is 0 Å². The first-order valence-corrected chi connectivity index (χ1v) is 2.47. The van der Waals surface area contributed by atoms with Crippen LogP contribution in [0, 0.1) is 0 Å². The molecule has 0 aliphatic heterocycles. The summed E-state index contributed by atoms with van der Waals surface area (Å²) in [5.74, 6) is 0. The van der Waals surface area contributed by atoms with Crippen LogP contribution < -0.4 is 0 Å². The Bertz CT molecular complexity index is 162. The van der Waals surface area contributed by atoms with Crippen molar-refractivity contribution in [2.75, 3.05) is 0 Å². The van der Waals surface area contributed by atoms with E-state index in [4.69, 9.17) is 5.11 Å². The second-order valence-electron chi connectivity index (χ2n) is 1.99. The van der Waals surface area contributed by atoms with Crippen molar-refractivity contribution < 1.29 is 18.3 Å². The van der Waals surface area contributed by atoms with Crippen molar-refractivity contribution in [3.8, 4) is 0 Å². The van der Waals surface area contributed by atoms with Gasteiger partial charge in [-0.05, 0) is 13.0 Å². The van der Waals surface area contributed by atoms with Gasteiger partial charge in [-0.3, -0.25) is 0 Å². The number of alkyl halides is 3. The van der Waals surface area contributed by atoms with Gasteiger partial charge in [0.05, 0.1) is 0 Å². The van der Waals surface area contributed by atoms with Gasteiger partial charge in [-0.25, -0.2) is 0 Å². The standard InChI is InChI=1S/C6H7F3O/c1-3-4-5(2,10)6(7,8)9/h4,10H,1H2,2H3. The smallest absolute Gasteiger partial charge is 0.376 e. The normalized spacial score (nSPS) is 17.3. The lowest BCUT2D eigenvalue weighted by molar-refractivity contribution is -0.232. The summed E-state index contributed by atoms with van der Waals surface area (Å²) >= 11 is 0. The third-order valence-corrected chi connectivity index (χ3v) is 0.957. The molecule has 0 aromatic rings. The van der Waals surface area contributed by atoms with Crippen LogP contribution in [0.15, 0.2) is 18.4 Å². The fraction of sp³-hybridized carbons (Fsp3) is 0.500. The first-order chi connectivity index (χ1) is 4.31. The fourth-order valence-electron chi connectivity index (χ4n) is 0.281. The molecule has 10 heavy (non-hydrogen) atoms. The lowest BCUT2D eigenvalue weighted by atomic mass is 10.1. The Kier molecular flexibility index (Phi) is 2.30. The Balaban J connectivity index is 4.56. The molecular formula is C6H7F3O. The van der Waals surface area contributed by atoms with Crippen LogP contribution in [-0.4, -0.2) is 16.9 Å². The van der Waals surface area contributed by atoms with Gasteiger partial charge in [0.25, 0.3) is 0 Å². The molecule has 0 bridgehead atoms. The van der Waals surface area contributed by atoms with Crippen LogP contribution in [0.5, 0.6) is 0 Å².